The summed E-state index contributed by atoms with van der Waals surface area (Å²) in [6.45, 7) is 8.29. The van der Waals surface area contributed by atoms with Crippen molar-refractivity contribution in [3.05, 3.63) is 23.9 Å². The second kappa shape index (κ2) is 5.85. The maximum Gasteiger partial charge on any atom is 0.126 e. The number of aryl methyl sites for hydroxylation is 1. The number of rotatable bonds is 6. The molecule has 0 amide bonds. The number of nitrogens with one attached hydrogen (secondary N) is 1. The van der Waals surface area contributed by atoms with Crippen molar-refractivity contribution < 1.29 is 0 Å². The molecular formula is C13H23N3. The molecule has 0 unspecified atom stereocenters. The first-order valence-electron chi connectivity index (χ1n) is 5.90. The van der Waals surface area contributed by atoms with Gasteiger partial charge in [0.2, 0.25) is 0 Å². The molecule has 16 heavy (non-hydrogen) atoms. The van der Waals surface area contributed by atoms with Crippen molar-refractivity contribution in [2.45, 2.75) is 33.6 Å². The van der Waals surface area contributed by atoms with E-state index in [4.69, 9.17) is 5.73 Å². The first kappa shape index (κ1) is 13.0. The molecule has 0 saturated heterocycles. The van der Waals surface area contributed by atoms with Crippen LogP contribution in [0.2, 0.25) is 0 Å². The van der Waals surface area contributed by atoms with Crippen LogP contribution in [-0.2, 0) is 0 Å². The first-order valence-corrected chi connectivity index (χ1v) is 5.90. The third-order valence-electron chi connectivity index (χ3n) is 2.72. The summed E-state index contributed by atoms with van der Waals surface area (Å²) in [5.41, 5.74) is 7.03. The zero-order valence-electron chi connectivity index (χ0n) is 10.6. The van der Waals surface area contributed by atoms with E-state index in [0.717, 1.165) is 31.7 Å². The van der Waals surface area contributed by atoms with Gasteiger partial charge < -0.3 is 11.1 Å². The lowest BCUT2D eigenvalue weighted by atomic mass is 9.88. The fourth-order valence-electron chi connectivity index (χ4n) is 1.63. The van der Waals surface area contributed by atoms with Gasteiger partial charge in [0.1, 0.15) is 5.82 Å². The van der Waals surface area contributed by atoms with Gasteiger partial charge in [0.15, 0.2) is 0 Å². The monoisotopic (exact) mass is 221 g/mol. The predicted molar refractivity (Wildman–Crippen MR) is 69.5 cm³/mol. The predicted octanol–water partition coefficient (Wildman–Crippen LogP) is 2.57. The molecule has 1 heterocycles. The summed E-state index contributed by atoms with van der Waals surface area (Å²) in [6, 6.07) is 4.07. The third-order valence-corrected chi connectivity index (χ3v) is 2.72. The summed E-state index contributed by atoms with van der Waals surface area (Å²) in [4.78, 5) is 4.29. The van der Waals surface area contributed by atoms with Crippen molar-refractivity contribution in [3.63, 3.8) is 0 Å². The van der Waals surface area contributed by atoms with Gasteiger partial charge >= 0.3 is 0 Å². The molecule has 0 bridgehead atoms. The molecular weight excluding hydrogens is 198 g/mol. The zero-order chi connectivity index (χ0) is 12.0. The van der Waals surface area contributed by atoms with Gasteiger partial charge in [-0.2, -0.15) is 0 Å². The number of nitrogens with zero attached hydrogens (tertiary/aromatic N) is 1. The normalized spacial score (nSPS) is 11.5. The quantitative estimate of drug-likeness (QED) is 0.776. The van der Waals surface area contributed by atoms with Crippen LogP contribution in [0.15, 0.2) is 18.3 Å². The van der Waals surface area contributed by atoms with Crippen LogP contribution >= 0.6 is 0 Å². The van der Waals surface area contributed by atoms with Crippen molar-refractivity contribution in [2.75, 3.05) is 18.4 Å². The van der Waals surface area contributed by atoms with Crippen LogP contribution in [-0.4, -0.2) is 18.1 Å². The minimum atomic E-state index is 0.269. The van der Waals surface area contributed by atoms with Crippen LogP contribution in [0.4, 0.5) is 5.82 Å². The SMILES string of the molecule is Cc1ccnc(NCC(C)(C)CCCN)c1. The fourth-order valence-corrected chi connectivity index (χ4v) is 1.63. The molecule has 1 aromatic rings. The summed E-state index contributed by atoms with van der Waals surface area (Å²) in [5, 5.41) is 3.38. The van der Waals surface area contributed by atoms with Gasteiger partial charge in [0.05, 0.1) is 0 Å². The van der Waals surface area contributed by atoms with Crippen molar-refractivity contribution in [3.8, 4) is 0 Å². The molecule has 0 aliphatic rings. The van der Waals surface area contributed by atoms with Crippen LogP contribution < -0.4 is 11.1 Å². The van der Waals surface area contributed by atoms with E-state index in [9.17, 15) is 0 Å². The Morgan fingerprint density at radius 1 is 1.44 bits per heavy atom. The largest absolute Gasteiger partial charge is 0.370 e. The van der Waals surface area contributed by atoms with Crippen molar-refractivity contribution in [2.24, 2.45) is 11.1 Å². The Hall–Kier alpha value is -1.09. The lowest BCUT2D eigenvalue weighted by molar-refractivity contribution is 0.350. The Balaban J connectivity index is 2.44. The molecule has 3 nitrogen and oxygen atoms in total. The summed E-state index contributed by atoms with van der Waals surface area (Å²) < 4.78 is 0. The molecule has 3 N–H and O–H groups in total. The lowest BCUT2D eigenvalue weighted by Gasteiger charge is -2.25. The molecule has 3 heteroatoms. The van der Waals surface area contributed by atoms with Gasteiger partial charge in [0.25, 0.3) is 0 Å². The van der Waals surface area contributed by atoms with Gasteiger partial charge in [-0.1, -0.05) is 13.8 Å². The summed E-state index contributed by atoms with van der Waals surface area (Å²) in [7, 11) is 0. The van der Waals surface area contributed by atoms with Crippen LogP contribution in [0.1, 0.15) is 32.3 Å². The third kappa shape index (κ3) is 4.62. The number of nitrogens with two attached hydrogens (primary N) is 1. The highest BCUT2D eigenvalue weighted by Gasteiger charge is 2.16. The standard InChI is InChI=1S/C13H23N3/c1-11-5-8-15-12(9-11)16-10-13(2,3)6-4-7-14/h5,8-9H,4,6-7,10,14H2,1-3H3,(H,15,16). The summed E-state index contributed by atoms with van der Waals surface area (Å²) in [6.07, 6.45) is 4.06. The van der Waals surface area contributed by atoms with Gasteiger partial charge in [-0.05, 0) is 49.4 Å². The summed E-state index contributed by atoms with van der Waals surface area (Å²) in [5.74, 6) is 0.959. The van der Waals surface area contributed by atoms with Gasteiger partial charge in [-0.25, -0.2) is 4.98 Å². The molecule has 0 aliphatic carbocycles. The van der Waals surface area contributed by atoms with E-state index >= 15 is 0 Å². The maximum atomic E-state index is 5.53. The Bertz CT molecular complexity index is 321. The van der Waals surface area contributed by atoms with E-state index in [1.807, 2.05) is 12.3 Å². The molecule has 0 spiro atoms. The second-order valence-electron chi connectivity index (χ2n) is 5.13. The van der Waals surface area contributed by atoms with E-state index < -0.39 is 0 Å². The molecule has 1 aromatic heterocycles. The fraction of sp³-hybridized carbons (Fsp3) is 0.615. The van der Waals surface area contributed by atoms with E-state index in [2.05, 4.69) is 37.1 Å². The minimum Gasteiger partial charge on any atom is -0.370 e. The highest BCUT2D eigenvalue weighted by atomic mass is 15.0. The van der Waals surface area contributed by atoms with E-state index in [1.165, 1.54) is 5.56 Å². The Morgan fingerprint density at radius 2 is 2.19 bits per heavy atom. The van der Waals surface area contributed by atoms with Crippen LogP contribution in [0, 0.1) is 12.3 Å². The van der Waals surface area contributed by atoms with E-state index in [1.54, 1.807) is 0 Å². The lowest BCUT2D eigenvalue weighted by Crippen LogP contribution is -2.24. The van der Waals surface area contributed by atoms with Gasteiger partial charge in [-0.3, -0.25) is 0 Å². The first-order chi connectivity index (χ1) is 7.53. The van der Waals surface area contributed by atoms with E-state index in [-0.39, 0.29) is 5.41 Å². The Morgan fingerprint density at radius 3 is 2.81 bits per heavy atom. The molecule has 0 radical (unpaired) electrons. The number of aromatic nitrogens is 1. The molecule has 1 rings (SSSR count). The average molecular weight is 221 g/mol. The van der Waals surface area contributed by atoms with Gasteiger partial charge in [0, 0.05) is 12.7 Å². The van der Waals surface area contributed by atoms with Crippen molar-refractivity contribution in [1.29, 1.82) is 0 Å². The van der Waals surface area contributed by atoms with Crippen LogP contribution in [0.3, 0.4) is 0 Å². The molecule has 0 aliphatic heterocycles. The topological polar surface area (TPSA) is 50.9 Å². The molecule has 0 aromatic carbocycles. The summed E-state index contributed by atoms with van der Waals surface area (Å²) >= 11 is 0. The Kier molecular flexibility index (Phi) is 4.74. The number of hydrogen-bond donors (Lipinski definition) is 2. The molecule has 0 atom stereocenters. The number of hydrogen-bond acceptors (Lipinski definition) is 3. The molecule has 0 fully saturated rings. The average Bonchev–Trinajstić information content (AvgIpc) is 2.24. The minimum absolute atomic E-state index is 0.269. The zero-order valence-corrected chi connectivity index (χ0v) is 10.6. The Labute approximate surface area is 98.5 Å². The van der Waals surface area contributed by atoms with Crippen molar-refractivity contribution in [1.82, 2.24) is 4.98 Å². The van der Waals surface area contributed by atoms with E-state index in [0.29, 0.717) is 0 Å². The molecule has 0 saturated carbocycles. The molecule has 90 valence electrons. The number of pyridine rings is 1. The highest BCUT2D eigenvalue weighted by Crippen LogP contribution is 2.22. The van der Waals surface area contributed by atoms with Crippen LogP contribution in [0.25, 0.3) is 0 Å². The maximum absolute atomic E-state index is 5.53. The van der Waals surface area contributed by atoms with Gasteiger partial charge in [-0.15, -0.1) is 0 Å². The number of anilines is 1. The smallest absolute Gasteiger partial charge is 0.126 e. The second-order valence-corrected chi connectivity index (χ2v) is 5.13. The highest BCUT2D eigenvalue weighted by molar-refractivity contribution is 5.37. The van der Waals surface area contributed by atoms with Crippen LogP contribution in [0.5, 0.6) is 0 Å². The van der Waals surface area contributed by atoms with Crippen molar-refractivity contribution >= 4 is 5.82 Å².